The van der Waals surface area contributed by atoms with Crippen LogP contribution in [0.3, 0.4) is 0 Å². The van der Waals surface area contributed by atoms with Crippen LogP contribution in [0, 0.1) is 24.6 Å². The first-order chi connectivity index (χ1) is 8.95. The second kappa shape index (κ2) is 7.64. The minimum atomic E-state index is -0.139. The molecule has 2 heteroatoms. The van der Waals surface area contributed by atoms with Crippen molar-refractivity contribution < 1.29 is 4.39 Å². The molecule has 1 aromatic carbocycles. The Morgan fingerprint density at radius 1 is 1.21 bits per heavy atom. The van der Waals surface area contributed by atoms with E-state index in [1.165, 1.54) is 5.56 Å². The van der Waals surface area contributed by atoms with E-state index in [2.05, 4.69) is 33.0 Å². The molecule has 0 bridgehead atoms. The molecule has 0 amide bonds. The minimum Gasteiger partial charge on any atom is -0.314 e. The topological polar surface area (TPSA) is 12.0 Å². The van der Waals surface area contributed by atoms with Crippen LogP contribution in [0.1, 0.15) is 45.2 Å². The molecule has 1 N–H and O–H groups in total. The van der Waals surface area contributed by atoms with Crippen LogP contribution in [0.4, 0.5) is 4.39 Å². The van der Waals surface area contributed by atoms with Crippen LogP contribution in [-0.4, -0.2) is 12.6 Å². The Labute approximate surface area is 117 Å². The van der Waals surface area contributed by atoms with Crippen molar-refractivity contribution in [3.8, 4) is 0 Å². The van der Waals surface area contributed by atoms with E-state index in [-0.39, 0.29) is 5.82 Å². The summed E-state index contributed by atoms with van der Waals surface area (Å²) >= 11 is 0. The Morgan fingerprint density at radius 3 is 2.42 bits per heavy atom. The van der Waals surface area contributed by atoms with E-state index < -0.39 is 0 Å². The molecule has 0 heterocycles. The highest BCUT2D eigenvalue weighted by Gasteiger charge is 2.21. The number of nitrogens with one attached hydrogen (secondary N) is 1. The van der Waals surface area contributed by atoms with Crippen LogP contribution in [0.2, 0.25) is 0 Å². The molecular weight excluding hydrogens is 237 g/mol. The van der Waals surface area contributed by atoms with Gasteiger partial charge in [0, 0.05) is 6.04 Å². The maximum atomic E-state index is 13.2. The van der Waals surface area contributed by atoms with Crippen LogP contribution >= 0.6 is 0 Å². The zero-order chi connectivity index (χ0) is 14.4. The van der Waals surface area contributed by atoms with Crippen LogP contribution in [0.5, 0.6) is 0 Å². The predicted molar refractivity (Wildman–Crippen MR) is 80.9 cm³/mol. The molecule has 0 aliphatic carbocycles. The van der Waals surface area contributed by atoms with Crippen LogP contribution < -0.4 is 5.32 Å². The molecule has 0 fully saturated rings. The van der Waals surface area contributed by atoms with Gasteiger partial charge in [0.2, 0.25) is 0 Å². The van der Waals surface area contributed by atoms with Gasteiger partial charge in [-0.2, -0.15) is 0 Å². The van der Waals surface area contributed by atoms with Crippen LogP contribution in [-0.2, 0) is 6.42 Å². The maximum Gasteiger partial charge on any atom is 0.123 e. The van der Waals surface area contributed by atoms with Crippen molar-refractivity contribution in [1.29, 1.82) is 0 Å². The monoisotopic (exact) mass is 265 g/mol. The third-order valence-electron chi connectivity index (χ3n) is 3.98. The van der Waals surface area contributed by atoms with Gasteiger partial charge >= 0.3 is 0 Å². The summed E-state index contributed by atoms with van der Waals surface area (Å²) in [6, 6.07) is 5.64. The molecule has 1 rings (SSSR count). The predicted octanol–water partition coefficient (Wildman–Crippen LogP) is 4.34. The van der Waals surface area contributed by atoms with Gasteiger partial charge in [-0.05, 0) is 68.3 Å². The molecule has 0 aromatic heterocycles. The van der Waals surface area contributed by atoms with Gasteiger partial charge in [-0.3, -0.25) is 0 Å². The molecule has 2 unspecified atom stereocenters. The molecule has 2 atom stereocenters. The normalized spacial score (nSPS) is 14.7. The summed E-state index contributed by atoms with van der Waals surface area (Å²) in [5, 5.41) is 3.59. The zero-order valence-corrected chi connectivity index (χ0v) is 13.0. The van der Waals surface area contributed by atoms with Crippen molar-refractivity contribution in [2.45, 2.75) is 53.5 Å². The first-order valence-electron chi connectivity index (χ1n) is 7.44. The molecular formula is C17H28FN. The van der Waals surface area contributed by atoms with Crippen molar-refractivity contribution in [2.75, 3.05) is 6.54 Å². The van der Waals surface area contributed by atoms with E-state index in [1.54, 1.807) is 12.1 Å². The van der Waals surface area contributed by atoms with Gasteiger partial charge in [-0.25, -0.2) is 4.39 Å². The van der Waals surface area contributed by atoms with Gasteiger partial charge in [0.25, 0.3) is 0 Å². The third kappa shape index (κ3) is 4.94. The molecule has 0 aliphatic heterocycles. The summed E-state index contributed by atoms with van der Waals surface area (Å²) < 4.78 is 13.2. The Bertz CT molecular complexity index is 387. The third-order valence-corrected chi connectivity index (χ3v) is 3.98. The molecule has 0 saturated carbocycles. The van der Waals surface area contributed by atoms with Crippen molar-refractivity contribution in [3.63, 3.8) is 0 Å². The molecule has 0 radical (unpaired) electrons. The lowest BCUT2D eigenvalue weighted by molar-refractivity contribution is 0.288. The van der Waals surface area contributed by atoms with Gasteiger partial charge < -0.3 is 5.32 Å². The highest BCUT2D eigenvalue weighted by atomic mass is 19.1. The van der Waals surface area contributed by atoms with E-state index in [0.717, 1.165) is 24.9 Å². The van der Waals surface area contributed by atoms with Gasteiger partial charge in [-0.15, -0.1) is 0 Å². The lowest BCUT2D eigenvalue weighted by Crippen LogP contribution is -2.37. The lowest BCUT2D eigenvalue weighted by atomic mass is 9.83. The van der Waals surface area contributed by atoms with Crippen molar-refractivity contribution >= 4 is 0 Å². The first-order valence-corrected chi connectivity index (χ1v) is 7.44. The quantitative estimate of drug-likeness (QED) is 0.773. The standard InChI is InChI=1S/C17H28FN/c1-6-9-19-14(5)17(12(2)3)11-15-7-8-16(18)10-13(15)4/h7-8,10,12,14,17,19H,6,9,11H2,1-5H3. The van der Waals surface area contributed by atoms with Crippen molar-refractivity contribution in [3.05, 3.63) is 35.1 Å². The highest BCUT2D eigenvalue weighted by Crippen LogP contribution is 2.23. The second-order valence-corrected chi connectivity index (χ2v) is 5.93. The van der Waals surface area contributed by atoms with Gasteiger partial charge in [0.1, 0.15) is 5.82 Å². The zero-order valence-electron chi connectivity index (χ0n) is 13.0. The van der Waals surface area contributed by atoms with E-state index in [9.17, 15) is 4.39 Å². The minimum absolute atomic E-state index is 0.139. The van der Waals surface area contributed by atoms with Crippen LogP contribution in [0.25, 0.3) is 0 Å². The SMILES string of the molecule is CCCNC(C)C(Cc1ccc(F)cc1C)C(C)C. The Balaban J connectivity index is 2.77. The number of aryl methyl sites for hydroxylation is 1. The van der Waals surface area contributed by atoms with Crippen LogP contribution in [0.15, 0.2) is 18.2 Å². The number of hydrogen-bond acceptors (Lipinski definition) is 1. The summed E-state index contributed by atoms with van der Waals surface area (Å²) in [5.74, 6) is 1.05. The number of benzene rings is 1. The van der Waals surface area contributed by atoms with E-state index in [0.29, 0.717) is 17.9 Å². The maximum absolute atomic E-state index is 13.2. The van der Waals surface area contributed by atoms with E-state index in [4.69, 9.17) is 0 Å². The fraction of sp³-hybridized carbons (Fsp3) is 0.647. The van der Waals surface area contributed by atoms with Gasteiger partial charge in [0.15, 0.2) is 0 Å². The van der Waals surface area contributed by atoms with Crippen molar-refractivity contribution in [1.82, 2.24) is 5.32 Å². The summed E-state index contributed by atoms with van der Waals surface area (Å²) in [7, 11) is 0. The average molecular weight is 265 g/mol. The molecule has 0 spiro atoms. The molecule has 0 saturated heterocycles. The number of hydrogen-bond donors (Lipinski definition) is 1. The summed E-state index contributed by atoms with van der Waals surface area (Å²) in [4.78, 5) is 0. The Hall–Kier alpha value is -0.890. The smallest absolute Gasteiger partial charge is 0.123 e. The average Bonchev–Trinajstić information content (AvgIpc) is 2.34. The molecule has 0 aliphatic rings. The fourth-order valence-electron chi connectivity index (χ4n) is 2.66. The highest BCUT2D eigenvalue weighted by molar-refractivity contribution is 5.27. The summed E-state index contributed by atoms with van der Waals surface area (Å²) in [5.41, 5.74) is 2.33. The molecule has 19 heavy (non-hydrogen) atoms. The first kappa shape index (κ1) is 16.2. The van der Waals surface area contributed by atoms with E-state index in [1.807, 2.05) is 13.0 Å². The van der Waals surface area contributed by atoms with Gasteiger partial charge in [-0.1, -0.05) is 26.8 Å². The second-order valence-electron chi connectivity index (χ2n) is 5.93. The van der Waals surface area contributed by atoms with Gasteiger partial charge in [0.05, 0.1) is 0 Å². The molecule has 1 nitrogen and oxygen atoms in total. The fourth-order valence-corrected chi connectivity index (χ4v) is 2.66. The molecule has 108 valence electrons. The van der Waals surface area contributed by atoms with Crippen molar-refractivity contribution in [2.24, 2.45) is 11.8 Å². The largest absolute Gasteiger partial charge is 0.314 e. The number of halogens is 1. The summed E-state index contributed by atoms with van der Waals surface area (Å²) in [6.45, 7) is 12.1. The number of rotatable bonds is 7. The Morgan fingerprint density at radius 2 is 1.89 bits per heavy atom. The summed E-state index contributed by atoms with van der Waals surface area (Å²) in [6.07, 6.45) is 2.17. The lowest BCUT2D eigenvalue weighted by Gasteiger charge is -2.29. The Kier molecular flexibility index (Phi) is 6.50. The van der Waals surface area contributed by atoms with E-state index >= 15 is 0 Å². The molecule has 1 aromatic rings.